The van der Waals surface area contributed by atoms with E-state index in [-0.39, 0.29) is 17.5 Å². The minimum Gasteiger partial charge on any atom is -0.448 e. The van der Waals surface area contributed by atoms with Crippen molar-refractivity contribution in [3.05, 3.63) is 47.7 Å². The van der Waals surface area contributed by atoms with Crippen molar-refractivity contribution in [1.82, 2.24) is 15.2 Å². The summed E-state index contributed by atoms with van der Waals surface area (Å²) in [6.07, 6.45) is 7.24. The predicted molar refractivity (Wildman–Crippen MR) is 105 cm³/mol. The summed E-state index contributed by atoms with van der Waals surface area (Å²) >= 11 is 0. The minimum atomic E-state index is -0.308. The molecule has 2 amide bonds. The smallest absolute Gasteiger partial charge is 0.277 e. The molecule has 28 heavy (non-hydrogen) atoms. The van der Waals surface area contributed by atoms with E-state index in [2.05, 4.69) is 20.5 Å². The van der Waals surface area contributed by atoms with Crippen LogP contribution in [0.4, 0.5) is 5.69 Å². The number of likely N-dealkylation sites (tertiary alicyclic amines) is 1. The third-order valence-electron chi connectivity index (χ3n) is 5.53. The zero-order valence-corrected chi connectivity index (χ0v) is 15.9. The highest BCUT2D eigenvalue weighted by molar-refractivity contribution is 6.03. The van der Waals surface area contributed by atoms with Gasteiger partial charge in [-0.05, 0) is 63.0 Å². The second kappa shape index (κ2) is 8.56. The van der Waals surface area contributed by atoms with Gasteiger partial charge in [0.2, 0.25) is 0 Å². The number of carbonyl (C=O) groups excluding carboxylic acids is 2. The van der Waals surface area contributed by atoms with Crippen LogP contribution in [-0.2, 0) is 0 Å². The summed E-state index contributed by atoms with van der Waals surface area (Å²) in [6, 6.07) is 6.87. The second-order valence-corrected chi connectivity index (χ2v) is 7.53. The van der Waals surface area contributed by atoms with Gasteiger partial charge >= 0.3 is 0 Å². The van der Waals surface area contributed by atoms with E-state index >= 15 is 0 Å². The Kier molecular flexibility index (Phi) is 5.71. The molecule has 0 bridgehead atoms. The van der Waals surface area contributed by atoms with Gasteiger partial charge in [0.15, 0.2) is 11.6 Å². The molecule has 0 spiro atoms. The number of hydrogen-bond acceptors (Lipinski definition) is 5. The number of nitrogens with zero attached hydrogens (tertiary/aromatic N) is 2. The summed E-state index contributed by atoms with van der Waals surface area (Å²) in [5, 5.41) is 5.74. The lowest BCUT2D eigenvalue weighted by Crippen LogP contribution is -2.33. The molecule has 1 aromatic carbocycles. The minimum absolute atomic E-state index is 0.0984. The van der Waals surface area contributed by atoms with E-state index < -0.39 is 0 Å². The van der Waals surface area contributed by atoms with Crippen LogP contribution >= 0.6 is 0 Å². The highest BCUT2D eigenvalue weighted by Crippen LogP contribution is 2.35. The van der Waals surface area contributed by atoms with Crippen LogP contribution in [0.15, 0.2) is 34.9 Å². The van der Waals surface area contributed by atoms with Crippen molar-refractivity contribution in [2.24, 2.45) is 0 Å². The normalized spacial score (nSPS) is 17.3. The molecule has 1 aliphatic heterocycles. The lowest BCUT2D eigenvalue weighted by molar-refractivity contribution is 0.0949. The molecule has 7 heteroatoms. The van der Waals surface area contributed by atoms with Crippen LogP contribution in [0.1, 0.15) is 64.8 Å². The van der Waals surface area contributed by atoms with E-state index in [1.165, 1.54) is 25.5 Å². The van der Waals surface area contributed by atoms with Gasteiger partial charge in [0.05, 0.1) is 0 Å². The summed E-state index contributed by atoms with van der Waals surface area (Å²) in [6.45, 7) is 3.78. The first kappa shape index (κ1) is 18.7. The van der Waals surface area contributed by atoms with Gasteiger partial charge in [-0.1, -0.05) is 6.42 Å². The molecule has 0 radical (unpaired) electrons. The fourth-order valence-corrected chi connectivity index (χ4v) is 3.57. The Bertz CT molecular complexity index is 820. The molecule has 1 saturated heterocycles. The topological polar surface area (TPSA) is 87.5 Å². The van der Waals surface area contributed by atoms with Crippen LogP contribution in [0.3, 0.4) is 0 Å². The van der Waals surface area contributed by atoms with E-state index in [0.717, 1.165) is 32.5 Å². The quantitative estimate of drug-likeness (QED) is 0.769. The van der Waals surface area contributed by atoms with Crippen molar-refractivity contribution in [3.8, 4) is 0 Å². The number of oxazole rings is 1. The largest absolute Gasteiger partial charge is 0.448 e. The van der Waals surface area contributed by atoms with Crippen LogP contribution in [0.5, 0.6) is 0 Å². The highest BCUT2D eigenvalue weighted by atomic mass is 16.3. The molecular formula is C21H26N4O3. The Morgan fingerprint density at radius 3 is 2.50 bits per heavy atom. The standard InChI is InChI=1S/C21H26N4O3/c26-19(22-10-13-25-11-1-2-12-25)15-6-8-17(9-7-15)23-20(27)18-14-28-21(24-18)16-4-3-5-16/h6-9,14,16H,1-5,10-13H2,(H,22,26)(H,23,27). The Hall–Kier alpha value is -2.67. The first-order valence-corrected chi connectivity index (χ1v) is 10.1. The number of hydrogen-bond donors (Lipinski definition) is 2. The molecule has 1 saturated carbocycles. The summed E-state index contributed by atoms with van der Waals surface area (Å²) in [5.74, 6) is 0.595. The third kappa shape index (κ3) is 4.42. The van der Waals surface area contributed by atoms with Gasteiger partial charge < -0.3 is 20.0 Å². The van der Waals surface area contributed by atoms with Gasteiger partial charge in [0.25, 0.3) is 11.8 Å². The maximum Gasteiger partial charge on any atom is 0.277 e. The van der Waals surface area contributed by atoms with E-state index in [0.29, 0.717) is 29.6 Å². The maximum absolute atomic E-state index is 12.3. The molecule has 2 heterocycles. The number of carbonyl (C=O) groups is 2. The fraction of sp³-hybridized carbons (Fsp3) is 0.476. The average molecular weight is 382 g/mol. The zero-order chi connectivity index (χ0) is 19.3. The molecule has 1 aliphatic carbocycles. The Morgan fingerprint density at radius 1 is 1.07 bits per heavy atom. The summed E-state index contributed by atoms with van der Waals surface area (Å²) in [4.78, 5) is 31.2. The van der Waals surface area contributed by atoms with Gasteiger partial charge in [-0.25, -0.2) is 4.98 Å². The zero-order valence-electron chi connectivity index (χ0n) is 15.9. The number of nitrogens with one attached hydrogen (secondary N) is 2. The van der Waals surface area contributed by atoms with E-state index in [9.17, 15) is 9.59 Å². The molecule has 4 rings (SSSR count). The number of amides is 2. The van der Waals surface area contributed by atoms with Crippen LogP contribution in [0.2, 0.25) is 0 Å². The Morgan fingerprint density at radius 2 is 1.82 bits per heavy atom. The molecule has 0 unspecified atom stereocenters. The summed E-state index contributed by atoms with van der Waals surface area (Å²) < 4.78 is 5.42. The van der Waals surface area contributed by atoms with Gasteiger partial charge in [-0.2, -0.15) is 0 Å². The van der Waals surface area contributed by atoms with Gasteiger partial charge in [0.1, 0.15) is 6.26 Å². The Labute approximate surface area is 164 Å². The summed E-state index contributed by atoms with van der Waals surface area (Å²) in [7, 11) is 0. The molecule has 2 aliphatic rings. The van der Waals surface area contributed by atoms with Crippen molar-refractivity contribution in [3.63, 3.8) is 0 Å². The molecule has 2 aromatic rings. The number of rotatable bonds is 7. The first-order chi connectivity index (χ1) is 13.7. The van der Waals surface area contributed by atoms with Gasteiger partial charge in [0, 0.05) is 30.3 Å². The van der Waals surface area contributed by atoms with Crippen LogP contribution in [0.25, 0.3) is 0 Å². The van der Waals surface area contributed by atoms with Crippen LogP contribution in [-0.4, -0.2) is 47.9 Å². The first-order valence-electron chi connectivity index (χ1n) is 10.1. The van der Waals surface area contributed by atoms with E-state index in [1.54, 1.807) is 24.3 Å². The van der Waals surface area contributed by atoms with Crippen molar-refractivity contribution in [2.75, 3.05) is 31.5 Å². The van der Waals surface area contributed by atoms with Crippen molar-refractivity contribution in [1.29, 1.82) is 0 Å². The lowest BCUT2D eigenvalue weighted by Gasteiger charge is -2.21. The highest BCUT2D eigenvalue weighted by Gasteiger charge is 2.25. The molecular weight excluding hydrogens is 356 g/mol. The summed E-state index contributed by atoms with van der Waals surface area (Å²) in [5.41, 5.74) is 1.48. The van der Waals surface area contributed by atoms with Crippen LogP contribution in [0, 0.1) is 0 Å². The second-order valence-electron chi connectivity index (χ2n) is 7.53. The molecule has 1 aromatic heterocycles. The monoisotopic (exact) mass is 382 g/mol. The van der Waals surface area contributed by atoms with Crippen molar-refractivity contribution in [2.45, 2.75) is 38.0 Å². The van der Waals surface area contributed by atoms with Crippen molar-refractivity contribution >= 4 is 17.5 Å². The molecule has 2 fully saturated rings. The third-order valence-corrected chi connectivity index (χ3v) is 5.53. The van der Waals surface area contributed by atoms with E-state index in [4.69, 9.17) is 4.42 Å². The molecule has 2 N–H and O–H groups in total. The van der Waals surface area contributed by atoms with E-state index in [1.807, 2.05) is 0 Å². The number of anilines is 1. The number of benzene rings is 1. The number of aromatic nitrogens is 1. The molecule has 148 valence electrons. The SMILES string of the molecule is O=C(NCCN1CCCC1)c1ccc(NC(=O)c2coc(C3CCC3)n2)cc1. The van der Waals surface area contributed by atoms with Gasteiger partial charge in [-0.3, -0.25) is 9.59 Å². The van der Waals surface area contributed by atoms with Crippen molar-refractivity contribution < 1.29 is 14.0 Å². The average Bonchev–Trinajstić information content (AvgIpc) is 3.33. The predicted octanol–water partition coefficient (Wildman–Crippen LogP) is 3.02. The maximum atomic E-state index is 12.3. The Balaban J connectivity index is 1.26. The van der Waals surface area contributed by atoms with Gasteiger partial charge in [-0.15, -0.1) is 0 Å². The fourth-order valence-electron chi connectivity index (χ4n) is 3.57. The molecule has 7 nitrogen and oxygen atoms in total. The lowest BCUT2D eigenvalue weighted by atomic mass is 9.85. The molecule has 0 atom stereocenters. The van der Waals surface area contributed by atoms with Crippen LogP contribution < -0.4 is 10.6 Å².